The Labute approximate surface area is 79.7 Å². The molecule has 0 heterocycles. The zero-order chi connectivity index (χ0) is 9.84. The highest BCUT2D eigenvalue weighted by Crippen LogP contribution is 2.23. The maximum absolute atomic E-state index is 10.9. The van der Waals surface area contributed by atoms with Crippen LogP contribution in [0.3, 0.4) is 0 Å². The molecule has 0 saturated carbocycles. The van der Waals surface area contributed by atoms with Crippen LogP contribution in [0.15, 0.2) is 24.3 Å². The van der Waals surface area contributed by atoms with Gasteiger partial charge >= 0.3 is 0 Å². The lowest BCUT2D eigenvalue weighted by atomic mass is 10.1. The number of benzene rings is 1. The Morgan fingerprint density at radius 2 is 1.92 bits per heavy atom. The lowest BCUT2D eigenvalue weighted by Crippen LogP contribution is -2.03. The molecule has 0 fully saturated rings. The molecule has 0 saturated heterocycles. The molecule has 0 spiro atoms. The van der Waals surface area contributed by atoms with Crippen LogP contribution in [0.2, 0.25) is 0 Å². The van der Waals surface area contributed by atoms with Gasteiger partial charge in [0, 0.05) is 0 Å². The van der Waals surface area contributed by atoms with Crippen LogP contribution in [0.5, 0.6) is 5.75 Å². The largest absolute Gasteiger partial charge is 0.508 e. The molecular formula is C9H12O3S. The van der Waals surface area contributed by atoms with Crippen molar-refractivity contribution >= 4 is 11.1 Å². The van der Waals surface area contributed by atoms with Gasteiger partial charge in [0.15, 0.2) is 11.1 Å². The fraction of sp³-hybridized carbons (Fsp3) is 0.333. The van der Waals surface area contributed by atoms with Crippen molar-refractivity contribution in [3.63, 3.8) is 0 Å². The quantitative estimate of drug-likeness (QED) is 0.734. The molecule has 2 unspecified atom stereocenters. The molecule has 3 nitrogen and oxygen atoms in total. The Bertz CT molecular complexity index is 294. The molecule has 1 aromatic rings. The molecule has 0 aromatic heterocycles. The number of rotatable bonds is 3. The van der Waals surface area contributed by atoms with E-state index in [-0.39, 0.29) is 11.0 Å². The average molecular weight is 200 g/mol. The Morgan fingerprint density at radius 3 is 2.31 bits per heavy atom. The third-order valence-corrected chi connectivity index (χ3v) is 2.97. The molecular weight excluding hydrogens is 188 g/mol. The number of phenols is 1. The van der Waals surface area contributed by atoms with Gasteiger partial charge in [-0.1, -0.05) is 19.1 Å². The van der Waals surface area contributed by atoms with E-state index in [1.54, 1.807) is 12.1 Å². The first kappa shape index (κ1) is 10.2. The highest BCUT2D eigenvalue weighted by Gasteiger charge is 2.14. The van der Waals surface area contributed by atoms with E-state index >= 15 is 0 Å². The Hall–Kier alpha value is -0.870. The first-order valence-electron chi connectivity index (χ1n) is 4.03. The average Bonchev–Trinajstić information content (AvgIpc) is 2.09. The minimum Gasteiger partial charge on any atom is -0.508 e. The summed E-state index contributed by atoms with van der Waals surface area (Å²) in [6.07, 6.45) is 0.605. The second-order valence-electron chi connectivity index (χ2n) is 2.76. The molecule has 0 radical (unpaired) electrons. The van der Waals surface area contributed by atoms with E-state index in [9.17, 15) is 4.21 Å². The number of hydrogen-bond acceptors (Lipinski definition) is 2. The molecule has 1 aromatic carbocycles. The fourth-order valence-corrected chi connectivity index (χ4v) is 1.86. The molecule has 0 aliphatic rings. The van der Waals surface area contributed by atoms with Gasteiger partial charge in [0.2, 0.25) is 0 Å². The third-order valence-electron chi connectivity index (χ3n) is 1.88. The van der Waals surface area contributed by atoms with E-state index in [1.807, 2.05) is 6.92 Å². The highest BCUT2D eigenvalue weighted by molar-refractivity contribution is 7.79. The van der Waals surface area contributed by atoms with Gasteiger partial charge < -0.3 is 9.66 Å². The van der Waals surface area contributed by atoms with E-state index in [1.165, 1.54) is 12.1 Å². The summed E-state index contributed by atoms with van der Waals surface area (Å²) >= 11 is -1.84. The maximum atomic E-state index is 10.9. The number of aromatic hydroxyl groups is 1. The van der Waals surface area contributed by atoms with Gasteiger partial charge in [-0.15, -0.1) is 0 Å². The number of phenolic OH excluding ortho intramolecular Hbond substituents is 1. The minimum absolute atomic E-state index is 0.169. The van der Waals surface area contributed by atoms with E-state index in [0.29, 0.717) is 6.42 Å². The standard InChI is InChI=1S/C9H12O3S/c1-2-9(13(11)12)7-3-5-8(10)6-4-7/h3-6,9-10H,2H2,1H3,(H,11,12). The van der Waals surface area contributed by atoms with Gasteiger partial charge in [0.25, 0.3) is 0 Å². The van der Waals surface area contributed by atoms with E-state index in [2.05, 4.69) is 0 Å². The molecule has 4 heteroatoms. The van der Waals surface area contributed by atoms with Crippen LogP contribution in [-0.2, 0) is 11.1 Å². The van der Waals surface area contributed by atoms with Crippen LogP contribution in [0.4, 0.5) is 0 Å². The normalized spacial score (nSPS) is 15.2. The van der Waals surface area contributed by atoms with Gasteiger partial charge in [-0.05, 0) is 24.1 Å². The van der Waals surface area contributed by atoms with Gasteiger partial charge in [0.05, 0.1) is 5.25 Å². The summed E-state index contributed by atoms with van der Waals surface area (Å²) < 4.78 is 19.8. The van der Waals surface area contributed by atoms with Crippen molar-refractivity contribution in [2.24, 2.45) is 0 Å². The van der Waals surface area contributed by atoms with Crippen molar-refractivity contribution in [1.29, 1.82) is 0 Å². The van der Waals surface area contributed by atoms with E-state index < -0.39 is 11.1 Å². The van der Waals surface area contributed by atoms with Crippen molar-refractivity contribution in [1.82, 2.24) is 0 Å². The molecule has 0 bridgehead atoms. The maximum Gasteiger partial charge on any atom is 0.160 e. The molecule has 13 heavy (non-hydrogen) atoms. The van der Waals surface area contributed by atoms with Crippen molar-refractivity contribution in [3.05, 3.63) is 29.8 Å². The lowest BCUT2D eigenvalue weighted by molar-refractivity contribution is 0.475. The Morgan fingerprint density at radius 1 is 1.38 bits per heavy atom. The van der Waals surface area contributed by atoms with Crippen LogP contribution in [0.1, 0.15) is 24.2 Å². The topological polar surface area (TPSA) is 57.5 Å². The van der Waals surface area contributed by atoms with Crippen molar-refractivity contribution in [3.8, 4) is 5.75 Å². The van der Waals surface area contributed by atoms with E-state index in [0.717, 1.165) is 5.56 Å². The minimum atomic E-state index is -1.84. The molecule has 1 rings (SSSR count). The van der Waals surface area contributed by atoms with Gasteiger partial charge in [-0.2, -0.15) is 0 Å². The summed E-state index contributed by atoms with van der Waals surface area (Å²) in [6.45, 7) is 1.85. The highest BCUT2D eigenvalue weighted by atomic mass is 32.2. The van der Waals surface area contributed by atoms with Crippen molar-refractivity contribution < 1.29 is 13.9 Å². The summed E-state index contributed by atoms with van der Waals surface area (Å²) in [5, 5.41) is 8.65. The first-order valence-corrected chi connectivity index (χ1v) is 5.20. The molecule has 2 atom stereocenters. The van der Waals surface area contributed by atoms with Crippen LogP contribution in [0.25, 0.3) is 0 Å². The third kappa shape index (κ3) is 2.54. The summed E-state index contributed by atoms with van der Waals surface area (Å²) in [6, 6.07) is 6.37. The zero-order valence-corrected chi connectivity index (χ0v) is 8.12. The Balaban J connectivity index is 2.92. The predicted molar refractivity (Wildman–Crippen MR) is 51.9 cm³/mol. The first-order chi connectivity index (χ1) is 6.15. The zero-order valence-electron chi connectivity index (χ0n) is 7.30. The summed E-state index contributed by atoms with van der Waals surface area (Å²) in [7, 11) is 0. The summed E-state index contributed by atoms with van der Waals surface area (Å²) in [5.41, 5.74) is 0.779. The monoisotopic (exact) mass is 200 g/mol. The predicted octanol–water partition coefficient (Wildman–Crippen LogP) is 2.06. The van der Waals surface area contributed by atoms with Gasteiger partial charge in [-0.25, -0.2) is 4.21 Å². The van der Waals surface area contributed by atoms with Gasteiger partial charge in [-0.3, -0.25) is 0 Å². The van der Waals surface area contributed by atoms with Crippen molar-refractivity contribution in [2.75, 3.05) is 0 Å². The fourth-order valence-electron chi connectivity index (χ4n) is 1.18. The van der Waals surface area contributed by atoms with Crippen LogP contribution in [0, 0.1) is 0 Å². The molecule has 72 valence electrons. The lowest BCUT2D eigenvalue weighted by Gasteiger charge is -2.10. The van der Waals surface area contributed by atoms with Crippen LogP contribution >= 0.6 is 0 Å². The van der Waals surface area contributed by atoms with E-state index in [4.69, 9.17) is 9.66 Å². The smallest absolute Gasteiger partial charge is 0.160 e. The second-order valence-corrected chi connectivity index (χ2v) is 3.89. The molecule has 0 amide bonds. The van der Waals surface area contributed by atoms with Crippen molar-refractivity contribution in [2.45, 2.75) is 18.6 Å². The van der Waals surface area contributed by atoms with Crippen LogP contribution < -0.4 is 0 Å². The van der Waals surface area contributed by atoms with Gasteiger partial charge in [0.1, 0.15) is 5.75 Å². The SMILES string of the molecule is CCC(c1ccc(O)cc1)S(=O)O. The summed E-state index contributed by atoms with van der Waals surface area (Å²) in [5.74, 6) is 0.169. The molecule has 0 aliphatic carbocycles. The summed E-state index contributed by atoms with van der Waals surface area (Å²) in [4.78, 5) is 0. The second kappa shape index (κ2) is 4.39. The molecule has 2 N–H and O–H groups in total. The molecule has 0 aliphatic heterocycles. The Kier molecular flexibility index (Phi) is 3.45. The van der Waals surface area contributed by atoms with Crippen LogP contribution in [-0.4, -0.2) is 13.9 Å². The number of hydrogen-bond donors (Lipinski definition) is 2.